The fourth-order valence-electron chi connectivity index (χ4n) is 2.21. The molecule has 2 rings (SSSR count). The van der Waals surface area contributed by atoms with Gasteiger partial charge in [0.1, 0.15) is 0 Å². The number of anilines is 1. The molecule has 1 atom stereocenters. The van der Waals surface area contributed by atoms with Crippen LogP contribution in [0.2, 0.25) is 0 Å². The third kappa shape index (κ3) is 3.52. The molecule has 2 aromatic carbocycles. The number of halogens is 1. The van der Waals surface area contributed by atoms with Gasteiger partial charge in [-0.15, -0.1) is 0 Å². The monoisotopic (exact) mass is 288 g/mol. The van der Waals surface area contributed by atoms with Gasteiger partial charge in [-0.1, -0.05) is 18.2 Å². The molecule has 112 valence electrons. The highest BCUT2D eigenvalue weighted by atomic mass is 19.1. The van der Waals surface area contributed by atoms with Crippen molar-refractivity contribution in [3.8, 4) is 5.75 Å². The topological polar surface area (TPSA) is 47.3 Å². The van der Waals surface area contributed by atoms with Crippen molar-refractivity contribution in [1.82, 2.24) is 0 Å². The lowest BCUT2D eigenvalue weighted by Gasteiger charge is -2.20. The zero-order valence-corrected chi connectivity index (χ0v) is 12.6. The average Bonchev–Trinajstić information content (AvgIpc) is 2.49. The summed E-state index contributed by atoms with van der Waals surface area (Å²) in [6.45, 7) is 4.60. The van der Waals surface area contributed by atoms with Gasteiger partial charge >= 0.3 is 0 Å². The summed E-state index contributed by atoms with van der Waals surface area (Å²) >= 11 is 0. The van der Waals surface area contributed by atoms with Gasteiger partial charge < -0.3 is 15.8 Å². The fraction of sp³-hybridized carbons (Fsp3) is 0.294. The maximum atomic E-state index is 13.4. The Morgan fingerprint density at radius 3 is 2.52 bits per heavy atom. The fourth-order valence-corrected chi connectivity index (χ4v) is 2.21. The second kappa shape index (κ2) is 6.59. The first kappa shape index (κ1) is 15.3. The molecule has 0 heterocycles. The summed E-state index contributed by atoms with van der Waals surface area (Å²) in [5, 5.41) is 3.32. The Morgan fingerprint density at radius 2 is 1.90 bits per heavy atom. The van der Waals surface area contributed by atoms with Crippen LogP contribution >= 0.6 is 0 Å². The summed E-state index contributed by atoms with van der Waals surface area (Å²) in [5.74, 6) is -0.158. The van der Waals surface area contributed by atoms with Gasteiger partial charge in [-0.25, -0.2) is 4.39 Å². The smallest absolute Gasteiger partial charge is 0.165 e. The first-order valence-corrected chi connectivity index (χ1v) is 6.92. The number of hydrogen-bond acceptors (Lipinski definition) is 3. The standard InChI is InChI=1S/C17H21FN2O/c1-11-4-5-13(8-12(11)2)16(10-19)20-14-6-7-15(18)17(9-14)21-3/h4-9,16,20H,10,19H2,1-3H3. The molecule has 0 saturated heterocycles. The minimum Gasteiger partial charge on any atom is -0.494 e. The van der Waals surface area contributed by atoms with Gasteiger partial charge in [-0.05, 0) is 42.7 Å². The first-order chi connectivity index (χ1) is 10.0. The molecule has 0 bridgehead atoms. The highest BCUT2D eigenvalue weighted by Gasteiger charge is 2.12. The third-order valence-corrected chi connectivity index (χ3v) is 3.66. The van der Waals surface area contributed by atoms with E-state index in [1.54, 1.807) is 12.1 Å². The second-order valence-electron chi connectivity index (χ2n) is 5.13. The second-order valence-corrected chi connectivity index (χ2v) is 5.13. The maximum absolute atomic E-state index is 13.4. The molecule has 0 aliphatic rings. The van der Waals surface area contributed by atoms with E-state index in [1.807, 2.05) is 0 Å². The molecule has 0 amide bonds. The van der Waals surface area contributed by atoms with Gasteiger partial charge in [0.2, 0.25) is 0 Å². The van der Waals surface area contributed by atoms with Crippen LogP contribution in [0.4, 0.5) is 10.1 Å². The molecule has 3 nitrogen and oxygen atoms in total. The van der Waals surface area contributed by atoms with Crippen molar-refractivity contribution in [3.63, 3.8) is 0 Å². The number of rotatable bonds is 5. The van der Waals surface area contributed by atoms with Crippen LogP contribution in [0.5, 0.6) is 5.75 Å². The summed E-state index contributed by atoms with van der Waals surface area (Å²) in [6.07, 6.45) is 0. The van der Waals surface area contributed by atoms with Crippen LogP contribution in [0.15, 0.2) is 36.4 Å². The lowest BCUT2D eigenvalue weighted by atomic mass is 10.0. The van der Waals surface area contributed by atoms with E-state index in [2.05, 4.69) is 37.4 Å². The van der Waals surface area contributed by atoms with Gasteiger partial charge in [0.15, 0.2) is 11.6 Å². The quantitative estimate of drug-likeness (QED) is 0.884. The van der Waals surface area contributed by atoms with Crippen LogP contribution < -0.4 is 15.8 Å². The van der Waals surface area contributed by atoms with Crippen molar-refractivity contribution in [2.24, 2.45) is 5.73 Å². The molecule has 0 saturated carbocycles. The molecule has 0 fully saturated rings. The number of ether oxygens (including phenoxy) is 1. The number of nitrogens with two attached hydrogens (primary N) is 1. The van der Waals surface area contributed by atoms with Crippen LogP contribution in [-0.2, 0) is 0 Å². The minimum absolute atomic E-state index is 0.0283. The van der Waals surface area contributed by atoms with Gasteiger partial charge in [0, 0.05) is 18.3 Å². The van der Waals surface area contributed by atoms with Crippen molar-refractivity contribution < 1.29 is 9.13 Å². The van der Waals surface area contributed by atoms with Crippen molar-refractivity contribution in [1.29, 1.82) is 0 Å². The van der Waals surface area contributed by atoms with Crippen LogP contribution in [0, 0.1) is 19.7 Å². The van der Waals surface area contributed by atoms with Crippen molar-refractivity contribution in [2.75, 3.05) is 19.0 Å². The molecule has 0 radical (unpaired) electrons. The number of methoxy groups -OCH3 is 1. The molecule has 2 aromatic rings. The Hall–Kier alpha value is -2.07. The molecular weight excluding hydrogens is 267 g/mol. The highest BCUT2D eigenvalue weighted by molar-refractivity contribution is 5.51. The van der Waals surface area contributed by atoms with Gasteiger partial charge in [0.25, 0.3) is 0 Å². The lowest BCUT2D eigenvalue weighted by molar-refractivity contribution is 0.386. The van der Waals surface area contributed by atoms with E-state index in [0.717, 1.165) is 11.3 Å². The Bertz CT molecular complexity index is 628. The summed E-state index contributed by atoms with van der Waals surface area (Å²) in [7, 11) is 1.45. The Kier molecular flexibility index (Phi) is 4.81. The molecule has 21 heavy (non-hydrogen) atoms. The summed E-state index contributed by atoms with van der Waals surface area (Å²) in [5.41, 5.74) is 10.2. The number of benzene rings is 2. The molecule has 1 unspecified atom stereocenters. The minimum atomic E-state index is -0.376. The maximum Gasteiger partial charge on any atom is 0.165 e. The predicted molar refractivity (Wildman–Crippen MR) is 84.3 cm³/mol. The first-order valence-electron chi connectivity index (χ1n) is 6.92. The molecule has 0 aliphatic carbocycles. The zero-order chi connectivity index (χ0) is 15.4. The van der Waals surface area contributed by atoms with Crippen molar-refractivity contribution in [2.45, 2.75) is 19.9 Å². The molecule has 0 spiro atoms. The van der Waals surface area contributed by atoms with Gasteiger partial charge in [-0.2, -0.15) is 0 Å². The van der Waals surface area contributed by atoms with Crippen LogP contribution in [0.1, 0.15) is 22.7 Å². The Labute approximate surface area is 124 Å². The van der Waals surface area contributed by atoms with Gasteiger partial charge in [-0.3, -0.25) is 0 Å². The normalized spacial score (nSPS) is 12.0. The molecule has 3 N–H and O–H groups in total. The molecule has 4 heteroatoms. The zero-order valence-electron chi connectivity index (χ0n) is 12.6. The van der Waals surface area contributed by atoms with Crippen LogP contribution in [0.25, 0.3) is 0 Å². The lowest BCUT2D eigenvalue weighted by Crippen LogP contribution is -2.20. The van der Waals surface area contributed by atoms with Crippen LogP contribution in [0.3, 0.4) is 0 Å². The van der Waals surface area contributed by atoms with Gasteiger partial charge in [0.05, 0.1) is 13.2 Å². The van der Waals surface area contributed by atoms with E-state index in [0.29, 0.717) is 6.54 Å². The number of hydrogen-bond donors (Lipinski definition) is 2. The third-order valence-electron chi connectivity index (χ3n) is 3.66. The number of nitrogens with one attached hydrogen (secondary N) is 1. The van der Waals surface area contributed by atoms with E-state index in [-0.39, 0.29) is 17.6 Å². The SMILES string of the molecule is COc1cc(NC(CN)c2ccc(C)c(C)c2)ccc1F. The predicted octanol–water partition coefficient (Wildman–Crippen LogP) is 3.56. The van der Waals surface area contributed by atoms with E-state index in [4.69, 9.17) is 10.5 Å². The number of aryl methyl sites for hydroxylation is 2. The summed E-state index contributed by atoms with van der Waals surface area (Å²) in [4.78, 5) is 0. The Morgan fingerprint density at radius 1 is 1.14 bits per heavy atom. The largest absolute Gasteiger partial charge is 0.494 e. The molecule has 0 aliphatic heterocycles. The van der Waals surface area contributed by atoms with Crippen LogP contribution in [-0.4, -0.2) is 13.7 Å². The van der Waals surface area contributed by atoms with E-state index < -0.39 is 0 Å². The van der Waals surface area contributed by atoms with E-state index in [1.165, 1.54) is 24.3 Å². The molecular formula is C17H21FN2O. The highest BCUT2D eigenvalue weighted by Crippen LogP contribution is 2.25. The Balaban J connectivity index is 2.24. The van der Waals surface area contributed by atoms with Crippen molar-refractivity contribution >= 4 is 5.69 Å². The summed E-state index contributed by atoms with van der Waals surface area (Å²) in [6, 6.07) is 10.9. The van der Waals surface area contributed by atoms with Crippen molar-refractivity contribution in [3.05, 3.63) is 58.9 Å². The average molecular weight is 288 g/mol. The van der Waals surface area contributed by atoms with E-state index >= 15 is 0 Å². The van der Waals surface area contributed by atoms with E-state index in [9.17, 15) is 4.39 Å². The molecule has 0 aromatic heterocycles. The summed E-state index contributed by atoms with van der Waals surface area (Å²) < 4.78 is 18.4.